The number of carbonyl (C=O) groups is 1. The maximum Gasteiger partial charge on any atom is 0.340 e. The number of fused-ring (bicyclic) bond motifs is 6. The summed E-state index contributed by atoms with van der Waals surface area (Å²) in [5, 5.41) is 25.9. The van der Waals surface area contributed by atoms with Crippen molar-refractivity contribution in [2.75, 3.05) is 0 Å². The smallest absolute Gasteiger partial charge is 0.340 e. The fourth-order valence-corrected chi connectivity index (χ4v) is 18.9. The van der Waals surface area contributed by atoms with Crippen molar-refractivity contribution in [3.63, 3.8) is 0 Å². The van der Waals surface area contributed by atoms with Crippen LogP contribution in [0, 0.1) is 27.2 Å². The van der Waals surface area contributed by atoms with E-state index in [-0.39, 0.29) is 39.7 Å². The molecule has 0 radical (unpaired) electrons. The minimum atomic E-state index is -3.53. The third kappa shape index (κ3) is 7.16. The highest BCUT2D eigenvalue weighted by atomic mass is 28.4. The van der Waals surface area contributed by atoms with E-state index < -0.39 is 60.0 Å². The predicted molar refractivity (Wildman–Crippen MR) is 261 cm³/mol. The molecule has 0 saturated carbocycles. The van der Waals surface area contributed by atoms with Gasteiger partial charge in [0.1, 0.15) is 11.5 Å². The molecule has 1 spiro atoms. The van der Waals surface area contributed by atoms with Crippen molar-refractivity contribution in [1.29, 1.82) is 0 Å². The normalized spacial score (nSPS) is 13.8. The van der Waals surface area contributed by atoms with Crippen LogP contribution in [0.25, 0.3) is 0 Å². The highest BCUT2D eigenvalue weighted by Gasteiger charge is 2.58. The van der Waals surface area contributed by atoms with Crippen LogP contribution in [-0.2, 0) is 10.3 Å². The molecule has 0 bridgehead atoms. The number of esters is 1. The molecule has 2 aliphatic heterocycles. The molecule has 0 aliphatic carbocycles. The van der Waals surface area contributed by atoms with E-state index in [2.05, 4.69) is 41.5 Å². The largest absolute Gasteiger partial charge is 0.532 e. The molecule has 0 fully saturated rings. The molecule has 2 aliphatic rings. The Labute approximate surface area is 395 Å². The topological polar surface area (TPSA) is 159 Å². The van der Waals surface area contributed by atoms with Gasteiger partial charge < -0.3 is 18.3 Å². The maximum atomic E-state index is 14.3. The second-order valence-electron chi connectivity index (χ2n) is 18.9. The van der Waals surface area contributed by atoms with Crippen LogP contribution >= 0.6 is 0 Å². The zero-order chi connectivity index (χ0) is 48.2. The summed E-state index contributed by atoms with van der Waals surface area (Å²) < 4.78 is 28.1. The van der Waals surface area contributed by atoms with Gasteiger partial charge >= 0.3 is 22.6 Å². The van der Waals surface area contributed by atoms with Crippen molar-refractivity contribution >= 4 is 43.4 Å². The molecule has 0 unspecified atom stereocenters. The van der Waals surface area contributed by atoms with E-state index in [0.717, 1.165) is 20.7 Å². The number of rotatable bonds is 12. The molecule has 9 rings (SSSR count). The number of hydrogen-bond donors (Lipinski definition) is 0. The van der Waals surface area contributed by atoms with Crippen LogP contribution in [-0.4, -0.2) is 32.8 Å². The number of carbonyl (C=O) groups excluding carboxylic acids is 1. The van der Waals surface area contributed by atoms with Crippen molar-refractivity contribution in [3.05, 3.63) is 212 Å². The molecular formula is C53H48N2O11Si2. The highest BCUT2D eigenvalue weighted by molar-refractivity contribution is 7.00. The average Bonchev–Trinajstić information content (AvgIpc) is 3.61. The van der Waals surface area contributed by atoms with Gasteiger partial charge in [0.15, 0.2) is 17.1 Å². The Hall–Kier alpha value is -7.76. The Morgan fingerprint density at radius 3 is 1.21 bits per heavy atom. The lowest BCUT2D eigenvalue weighted by molar-refractivity contribution is -0.711. The van der Waals surface area contributed by atoms with Crippen LogP contribution in [0.2, 0.25) is 10.1 Å². The third-order valence-electron chi connectivity index (χ3n) is 12.9. The number of aryl methyl sites for hydroxylation is 1. The van der Waals surface area contributed by atoms with E-state index in [1.165, 1.54) is 0 Å². The Kier molecular flexibility index (Phi) is 11.2. The summed E-state index contributed by atoms with van der Waals surface area (Å²) in [5.74, 6) is -2.31. The number of hydrogen-bond acceptors (Lipinski definition) is 11. The summed E-state index contributed by atoms with van der Waals surface area (Å²) in [6, 6.07) is 50.4. The fourth-order valence-electron chi connectivity index (χ4n) is 10.1. The summed E-state index contributed by atoms with van der Waals surface area (Å²) in [5.41, 5.74) is -0.407. The monoisotopic (exact) mass is 944 g/mol. The summed E-state index contributed by atoms with van der Waals surface area (Å²) in [4.78, 5) is 51.1. The lowest BCUT2D eigenvalue weighted by Crippen LogP contribution is -2.68. The Morgan fingerprint density at radius 2 is 0.868 bits per heavy atom. The maximum absolute atomic E-state index is 14.3. The Bertz CT molecular complexity index is 2830. The molecule has 0 saturated heterocycles. The molecule has 13 nitrogen and oxygen atoms in total. The van der Waals surface area contributed by atoms with E-state index in [1.54, 1.807) is 49.4 Å². The summed E-state index contributed by atoms with van der Waals surface area (Å²) >= 11 is 0. The predicted octanol–water partition coefficient (Wildman–Crippen LogP) is 9.58. The summed E-state index contributed by atoms with van der Waals surface area (Å²) in [6.45, 7) is 14.1. The molecule has 7 aromatic carbocycles. The highest BCUT2D eigenvalue weighted by Crippen LogP contribution is 2.63. The lowest BCUT2D eigenvalue weighted by Gasteiger charge is -2.44. The van der Waals surface area contributed by atoms with Crippen LogP contribution in [0.4, 0.5) is 0 Å². The summed E-state index contributed by atoms with van der Waals surface area (Å²) in [6.07, 6.45) is 0. The number of ether oxygens (including phenoxy) is 2. The first kappa shape index (κ1) is 45.4. The first-order valence-electron chi connectivity index (χ1n) is 22.0. The third-order valence-corrected chi connectivity index (χ3v) is 22.8. The fraction of sp³-hybridized carbons (Fsp3) is 0.189. The van der Waals surface area contributed by atoms with Crippen LogP contribution in [0.3, 0.4) is 0 Å². The SMILES string of the molecule is Cc1cccc2c1C(=O)OC21c2ccc(O[Si](c3ccccc3)(c3ccccc3)C(C)(C)C)c(O[N+](=O)[O-])c2Oc2c1ccc(O[Si](c1ccccc1)(c1ccccc1)C(C)(C)C)c2O[N+](=O)[O-]. The quantitative estimate of drug-likeness (QED) is 0.0497. The lowest BCUT2D eigenvalue weighted by atomic mass is 9.77. The van der Waals surface area contributed by atoms with E-state index in [4.69, 9.17) is 28.0 Å². The number of nitrogens with zero attached hydrogens (tertiary/aromatic N) is 2. The molecule has 68 heavy (non-hydrogen) atoms. The van der Waals surface area contributed by atoms with E-state index in [1.807, 2.05) is 121 Å². The molecule has 7 aromatic rings. The van der Waals surface area contributed by atoms with Crippen LogP contribution < -0.4 is 44.0 Å². The Morgan fingerprint density at radius 1 is 0.500 bits per heavy atom. The number of benzene rings is 7. The molecule has 2 heterocycles. The van der Waals surface area contributed by atoms with E-state index in [0.29, 0.717) is 11.1 Å². The van der Waals surface area contributed by atoms with E-state index in [9.17, 15) is 25.0 Å². The standard InChI is InChI=1S/C53H48N2O11Si2/c1-35-21-20-30-40-45(35)50(56)62-53(40)41-31-33-43(65-67(51(2,3)4,36-22-12-8-13-23-36)37-24-14-9-15-25-37)48(63-54(57)58)46(41)61-47-42(53)32-34-44(49(47)64-55(59)60)66-68(52(5,6)7,38-26-16-10-17-27-38)39-28-18-11-19-29-39/h8-34H,1-7H3. The zero-order valence-corrected chi connectivity index (χ0v) is 40.5. The van der Waals surface area contributed by atoms with Gasteiger partial charge in [-0.15, -0.1) is 20.2 Å². The molecule has 0 atom stereocenters. The van der Waals surface area contributed by atoms with Crippen molar-refractivity contribution < 1.29 is 43.0 Å². The van der Waals surface area contributed by atoms with Gasteiger partial charge in [-0.2, -0.15) is 0 Å². The first-order valence-corrected chi connectivity index (χ1v) is 25.9. The van der Waals surface area contributed by atoms with Gasteiger partial charge in [0.2, 0.25) is 11.5 Å². The molecule has 0 N–H and O–H groups in total. The van der Waals surface area contributed by atoms with Crippen LogP contribution in [0.15, 0.2) is 164 Å². The molecule has 15 heteroatoms. The molecule has 0 amide bonds. The van der Waals surface area contributed by atoms with Gasteiger partial charge in [0.25, 0.3) is 10.2 Å². The second-order valence-corrected chi connectivity index (χ2v) is 27.3. The molecule has 0 aromatic heterocycles. The first-order chi connectivity index (χ1) is 32.4. The Balaban J connectivity index is 1.36. The zero-order valence-electron chi connectivity index (χ0n) is 38.5. The van der Waals surface area contributed by atoms with E-state index >= 15 is 0 Å². The van der Waals surface area contributed by atoms with Gasteiger partial charge in [0, 0.05) is 5.56 Å². The summed E-state index contributed by atoms with van der Waals surface area (Å²) in [7, 11) is -7.06. The minimum absolute atomic E-state index is 0.0569. The van der Waals surface area contributed by atoms with Gasteiger partial charge in [-0.1, -0.05) is 181 Å². The van der Waals surface area contributed by atoms with Gasteiger partial charge in [-0.3, -0.25) is 9.68 Å². The van der Waals surface area contributed by atoms with Crippen molar-refractivity contribution in [2.24, 2.45) is 0 Å². The van der Waals surface area contributed by atoms with Crippen LogP contribution in [0.5, 0.6) is 34.5 Å². The average molecular weight is 945 g/mol. The molecular weight excluding hydrogens is 897 g/mol. The van der Waals surface area contributed by atoms with Crippen molar-refractivity contribution in [3.8, 4) is 34.5 Å². The second kappa shape index (κ2) is 16.8. The van der Waals surface area contributed by atoms with Crippen molar-refractivity contribution in [1.82, 2.24) is 0 Å². The van der Waals surface area contributed by atoms with Crippen molar-refractivity contribution in [2.45, 2.75) is 64.1 Å². The van der Waals surface area contributed by atoms with Gasteiger partial charge in [-0.25, -0.2) is 4.79 Å². The van der Waals surface area contributed by atoms with Crippen LogP contribution in [0.1, 0.15) is 74.2 Å². The van der Waals surface area contributed by atoms with Gasteiger partial charge in [0.05, 0.1) is 16.7 Å². The van der Waals surface area contributed by atoms with Gasteiger partial charge in [-0.05, 0) is 67.6 Å². The molecule has 344 valence electrons. The minimum Gasteiger partial charge on any atom is -0.532 e.